The fourth-order valence-corrected chi connectivity index (χ4v) is 3.57. The minimum Gasteiger partial charge on any atom is -0.452 e. The molecule has 4 atom stereocenters. The van der Waals surface area contributed by atoms with Gasteiger partial charge in [-0.05, 0) is 36.4 Å². The van der Waals surface area contributed by atoms with Crippen LogP contribution in [-0.4, -0.2) is 48.9 Å². The van der Waals surface area contributed by atoms with Gasteiger partial charge in [0.25, 0.3) is 0 Å². The molecule has 4 rings (SSSR count). The molecule has 8 heteroatoms. The van der Waals surface area contributed by atoms with Crippen molar-refractivity contribution in [3.63, 3.8) is 0 Å². The number of hydrogen-bond donors (Lipinski definition) is 0. The van der Waals surface area contributed by atoms with Crippen molar-refractivity contribution in [1.82, 2.24) is 0 Å². The Balaban J connectivity index is 1.62. The molecule has 3 aromatic rings. The molecule has 0 aliphatic carbocycles. The molecule has 0 spiro atoms. The maximum Gasteiger partial charge on any atom is 0.338 e. The molecule has 0 N–H and O–H groups in total. The molecule has 8 nitrogen and oxygen atoms in total. The number of hydrogen-bond acceptors (Lipinski definition) is 8. The summed E-state index contributed by atoms with van der Waals surface area (Å²) < 4.78 is 22.4. The Morgan fingerprint density at radius 2 is 1.06 bits per heavy atom. The Bertz CT molecular complexity index is 1210. The first kappa shape index (κ1) is 23.7. The van der Waals surface area contributed by atoms with Crippen LogP contribution in [0, 0.1) is 11.3 Å². The molecule has 1 saturated heterocycles. The number of nitriles is 1. The fourth-order valence-electron chi connectivity index (χ4n) is 3.57. The van der Waals surface area contributed by atoms with Crippen molar-refractivity contribution >= 4 is 17.9 Å². The quantitative estimate of drug-likeness (QED) is 0.396. The maximum atomic E-state index is 12.9. The molecule has 1 aliphatic heterocycles. The third-order valence-electron chi connectivity index (χ3n) is 5.33. The second-order valence-corrected chi connectivity index (χ2v) is 7.66. The summed E-state index contributed by atoms with van der Waals surface area (Å²) in [6.07, 6.45) is -5.01. The molecule has 0 bridgehead atoms. The smallest absolute Gasteiger partial charge is 0.338 e. The van der Waals surface area contributed by atoms with Gasteiger partial charge in [-0.15, -0.1) is 0 Å². The summed E-state index contributed by atoms with van der Waals surface area (Å²) in [6, 6.07) is 26.5. The molecule has 35 heavy (non-hydrogen) atoms. The van der Waals surface area contributed by atoms with Gasteiger partial charge in [0.1, 0.15) is 0 Å². The molecular weight excluding hydrogens is 450 g/mol. The van der Waals surface area contributed by atoms with Gasteiger partial charge in [-0.2, -0.15) is 5.26 Å². The fraction of sp³-hybridized carbons (Fsp3) is 0.185. The monoisotopic (exact) mass is 471 g/mol. The Labute approximate surface area is 201 Å². The summed E-state index contributed by atoms with van der Waals surface area (Å²) in [7, 11) is 0. The van der Waals surface area contributed by atoms with E-state index in [1.54, 1.807) is 91.0 Å². The molecule has 0 radical (unpaired) electrons. The van der Waals surface area contributed by atoms with Crippen LogP contribution in [0.25, 0.3) is 0 Å². The third kappa shape index (κ3) is 5.72. The standard InChI is InChI=1S/C27H21NO7/c28-16-21-23(34-26(30)19-12-6-2-7-13-19)24(35-27(31)20-14-8-3-9-15-20)22(17-32-21)33-25(29)18-10-4-1-5-11-18/h1-15,21-24H,17H2/t21-,22-,23-,24+/m0/s1. The lowest BCUT2D eigenvalue weighted by molar-refractivity contribution is -0.175. The second kappa shape index (κ2) is 11.1. The van der Waals surface area contributed by atoms with Crippen molar-refractivity contribution in [2.24, 2.45) is 0 Å². The Hall–Kier alpha value is -4.48. The van der Waals surface area contributed by atoms with Gasteiger partial charge in [-0.1, -0.05) is 54.6 Å². The van der Waals surface area contributed by atoms with Crippen LogP contribution < -0.4 is 0 Å². The third-order valence-corrected chi connectivity index (χ3v) is 5.33. The van der Waals surface area contributed by atoms with Crippen LogP contribution in [0.5, 0.6) is 0 Å². The van der Waals surface area contributed by atoms with Gasteiger partial charge in [0.05, 0.1) is 29.4 Å². The normalized spacial score (nSPS) is 21.2. The summed E-state index contributed by atoms with van der Waals surface area (Å²) in [5.74, 6) is -2.14. The van der Waals surface area contributed by atoms with Crippen LogP contribution in [0.2, 0.25) is 0 Å². The number of carbonyl (C=O) groups is 3. The SMILES string of the molecule is N#C[C@@H]1OC[C@H](OC(=O)c2ccccc2)[C@@H](OC(=O)c2ccccc2)[C@H]1OC(=O)c1ccccc1. The van der Waals surface area contributed by atoms with Gasteiger partial charge in [-0.3, -0.25) is 0 Å². The van der Waals surface area contributed by atoms with E-state index in [-0.39, 0.29) is 23.3 Å². The Morgan fingerprint density at radius 3 is 1.49 bits per heavy atom. The number of benzene rings is 3. The van der Waals surface area contributed by atoms with E-state index >= 15 is 0 Å². The van der Waals surface area contributed by atoms with Crippen molar-refractivity contribution in [3.05, 3.63) is 108 Å². The minimum atomic E-state index is -1.34. The van der Waals surface area contributed by atoms with Crippen LogP contribution in [0.15, 0.2) is 91.0 Å². The molecule has 1 aliphatic rings. The predicted molar refractivity (Wildman–Crippen MR) is 122 cm³/mol. The number of rotatable bonds is 6. The van der Waals surface area contributed by atoms with Crippen LogP contribution in [-0.2, 0) is 18.9 Å². The zero-order chi connectivity index (χ0) is 24.6. The van der Waals surface area contributed by atoms with Gasteiger partial charge in [0.15, 0.2) is 24.4 Å². The summed E-state index contributed by atoms with van der Waals surface area (Å²) in [6.45, 7) is -0.233. The summed E-state index contributed by atoms with van der Waals surface area (Å²) in [5.41, 5.74) is 0.760. The highest BCUT2D eigenvalue weighted by atomic mass is 16.6. The first-order valence-corrected chi connectivity index (χ1v) is 10.9. The summed E-state index contributed by atoms with van der Waals surface area (Å²) in [4.78, 5) is 38.4. The molecule has 1 heterocycles. The topological polar surface area (TPSA) is 112 Å². The van der Waals surface area contributed by atoms with Crippen molar-refractivity contribution in [1.29, 1.82) is 5.26 Å². The minimum absolute atomic E-state index is 0.233. The van der Waals surface area contributed by atoms with Gasteiger partial charge in [0, 0.05) is 0 Å². The zero-order valence-corrected chi connectivity index (χ0v) is 18.5. The first-order chi connectivity index (χ1) is 17.1. The van der Waals surface area contributed by atoms with Crippen molar-refractivity contribution in [2.45, 2.75) is 24.4 Å². The van der Waals surface area contributed by atoms with Crippen LogP contribution in [0.3, 0.4) is 0 Å². The van der Waals surface area contributed by atoms with Crippen molar-refractivity contribution in [2.75, 3.05) is 6.61 Å². The molecule has 1 fully saturated rings. The van der Waals surface area contributed by atoms with E-state index in [0.29, 0.717) is 0 Å². The maximum absolute atomic E-state index is 12.9. The largest absolute Gasteiger partial charge is 0.452 e. The van der Waals surface area contributed by atoms with E-state index in [9.17, 15) is 19.6 Å². The molecule has 0 unspecified atom stereocenters. The highest BCUT2D eigenvalue weighted by molar-refractivity contribution is 5.91. The van der Waals surface area contributed by atoms with Crippen LogP contribution >= 0.6 is 0 Å². The molecule has 0 saturated carbocycles. The van der Waals surface area contributed by atoms with E-state index in [1.807, 2.05) is 6.07 Å². The highest BCUT2D eigenvalue weighted by Gasteiger charge is 2.48. The lowest BCUT2D eigenvalue weighted by atomic mass is 9.99. The van der Waals surface area contributed by atoms with E-state index < -0.39 is 42.3 Å². The van der Waals surface area contributed by atoms with E-state index in [2.05, 4.69) is 0 Å². The first-order valence-electron chi connectivity index (χ1n) is 10.9. The average molecular weight is 471 g/mol. The zero-order valence-electron chi connectivity index (χ0n) is 18.5. The van der Waals surface area contributed by atoms with Gasteiger partial charge >= 0.3 is 17.9 Å². The summed E-state index contributed by atoms with van der Waals surface area (Å²) >= 11 is 0. The second-order valence-electron chi connectivity index (χ2n) is 7.66. The number of esters is 3. The summed E-state index contributed by atoms with van der Waals surface area (Å²) in [5, 5.41) is 9.65. The van der Waals surface area contributed by atoms with Gasteiger partial charge < -0.3 is 18.9 Å². The number of carbonyl (C=O) groups excluding carboxylic acids is 3. The van der Waals surface area contributed by atoms with E-state index in [4.69, 9.17) is 18.9 Å². The predicted octanol–water partition coefficient (Wildman–Crippen LogP) is 3.59. The molecular formula is C27H21NO7. The molecule has 3 aromatic carbocycles. The molecule has 176 valence electrons. The number of nitrogens with zero attached hydrogens (tertiary/aromatic N) is 1. The van der Waals surface area contributed by atoms with Crippen LogP contribution in [0.1, 0.15) is 31.1 Å². The van der Waals surface area contributed by atoms with Crippen molar-refractivity contribution in [3.8, 4) is 6.07 Å². The molecule has 0 amide bonds. The Morgan fingerprint density at radius 1 is 0.657 bits per heavy atom. The lowest BCUT2D eigenvalue weighted by Gasteiger charge is -2.38. The van der Waals surface area contributed by atoms with E-state index in [1.165, 1.54) is 0 Å². The van der Waals surface area contributed by atoms with Crippen molar-refractivity contribution < 1.29 is 33.3 Å². The van der Waals surface area contributed by atoms with Gasteiger partial charge in [0.2, 0.25) is 0 Å². The number of ether oxygens (including phenoxy) is 4. The van der Waals surface area contributed by atoms with Gasteiger partial charge in [-0.25, -0.2) is 14.4 Å². The van der Waals surface area contributed by atoms with Crippen LogP contribution in [0.4, 0.5) is 0 Å². The highest BCUT2D eigenvalue weighted by Crippen LogP contribution is 2.26. The average Bonchev–Trinajstić information content (AvgIpc) is 2.91. The molecule has 0 aromatic heterocycles. The lowest BCUT2D eigenvalue weighted by Crippen LogP contribution is -2.57. The Kier molecular flexibility index (Phi) is 7.50. The van der Waals surface area contributed by atoms with E-state index in [0.717, 1.165) is 0 Å².